The number of rotatable bonds is 2. The standard InChI is InChI=1S/C28H26Cl2N2O2/c1-13(25-27(3,4)17-11-15(29)7-9-19(17)31-25)21-23(33)22(24(21)34)14(2)26-28(5,6)18-12-16(30)8-10-20(18)32-26/h7-12,31,33H,1-6H3/b22-14-,25-13+. The fourth-order valence-electron chi connectivity index (χ4n) is 5.52. The molecule has 0 spiro atoms. The maximum atomic E-state index is 13.4. The van der Waals surface area contributed by atoms with Crippen molar-refractivity contribution >= 4 is 46.1 Å². The molecule has 0 unspecified atom stereocenters. The Balaban J connectivity index is 1.58. The first-order valence-electron chi connectivity index (χ1n) is 11.2. The number of allylic oxidation sites excluding steroid dienone is 5. The van der Waals surface area contributed by atoms with Crippen LogP contribution in [0.1, 0.15) is 52.7 Å². The molecule has 2 aliphatic heterocycles. The second-order valence-electron chi connectivity index (χ2n) is 10.2. The topological polar surface area (TPSA) is 61.7 Å². The van der Waals surface area contributed by atoms with E-state index in [1.54, 1.807) is 0 Å². The molecule has 2 aromatic rings. The maximum Gasteiger partial charge on any atom is 0.201 e. The third-order valence-corrected chi connectivity index (χ3v) is 7.87. The number of aliphatic hydroxyl groups excluding tert-OH is 1. The fraction of sp³-hybridized carbons (Fsp3) is 0.286. The predicted molar refractivity (Wildman–Crippen MR) is 140 cm³/mol. The van der Waals surface area contributed by atoms with Crippen molar-refractivity contribution in [2.24, 2.45) is 4.99 Å². The molecule has 174 valence electrons. The van der Waals surface area contributed by atoms with Crippen molar-refractivity contribution in [3.63, 3.8) is 0 Å². The van der Waals surface area contributed by atoms with Gasteiger partial charge in [-0.15, -0.1) is 0 Å². The zero-order valence-electron chi connectivity index (χ0n) is 20.0. The van der Waals surface area contributed by atoms with E-state index in [0.717, 1.165) is 39.5 Å². The molecule has 2 heterocycles. The summed E-state index contributed by atoms with van der Waals surface area (Å²) in [6.45, 7) is 12.0. The quantitative estimate of drug-likeness (QED) is 0.421. The molecule has 6 heteroatoms. The summed E-state index contributed by atoms with van der Waals surface area (Å²) in [6, 6.07) is 11.3. The first-order valence-corrected chi connectivity index (χ1v) is 12.0. The molecule has 0 radical (unpaired) electrons. The van der Waals surface area contributed by atoms with Gasteiger partial charge in [-0.25, -0.2) is 0 Å². The molecule has 0 amide bonds. The number of carbonyl (C=O) groups is 1. The third kappa shape index (κ3) is 3.05. The van der Waals surface area contributed by atoms with E-state index >= 15 is 0 Å². The van der Waals surface area contributed by atoms with Crippen molar-refractivity contribution in [1.29, 1.82) is 0 Å². The Morgan fingerprint density at radius 2 is 1.53 bits per heavy atom. The van der Waals surface area contributed by atoms with Crippen LogP contribution >= 0.6 is 23.2 Å². The molecule has 0 fully saturated rings. The summed E-state index contributed by atoms with van der Waals surface area (Å²) < 4.78 is 0. The molecule has 1 aliphatic carbocycles. The summed E-state index contributed by atoms with van der Waals surface area (Å²) in [5, 5.41) is 15.9. The van der Waals surface area contributed by atoms with Crippen LogP contribution in [0.15, 0.2) is 75.1 Å². The Kier molecular flexibility index (Phi) is 4.95. The highest BCUT2D eigenvalue weighted by molar-refractivity contribution is 6.31. The Morgan fingerprint density at radius 1 is 0.912 bits per heavy atom. The first kappa shape index (κ1) is 22.9. The van der Waals surface area contributed by atoms with E-state index in [4.69, 9.17) is 28.2 Å². The van der Waals surface area contributed by atoms with E-state index in [9.17, 15) is 9.90 Å². The number of nitrogens with zero attached hydrogens (tertiary/aromatic N) is 1. The van der Waals surface area contributed by atoms with Gasteiger partial charge < -0.3 is 10.4 Å². The van der Waals surface area contributed by atoms with Gasteiger partial charge >= 0.3 is 0 Å². The monoisotopic (exact) mass is 492 g/mol. The van der Waals surface area contributed by atoms with Crippen molar-refractivity contribution in [2.75, 3.05) is 5.32 Å². The van der Waals surface area contributed by atoms with Crippen LogP contribution in [-0.2, 0) is 15.6 Å². The molecule has 4 nitrogen and oxygen atoms in total. The van der Waals surface area contributed by atoms with Crippen LogP contribution in [0.25, 0.3) is 0 Å². The Bertz CT molecular complexity index is 1440. The second kappa shape index (κ2) is 7.34. The number of aliphatic hydroxyl groups is 1. The van der Waals surface area contributed by atoms with Gasteiger partial charge in [0.1, 0.15) is 5.76 Å². The van der Waals surface area contributed by atoms with E-state index in [2.05, 4.69) is 33.0 Å². The summed E-state index contributed by atoms with van der Waals surface area (Å²) in [5.41, 5.74) is 6.81. The molecule has 0 bridgehead atoms. The molecular weight excluding hydrogens is 467 g/mol. The highest BCUT2D eigenvalue weighted by Crippen LogP contribution is 2.49. The molecule has 0 saturated carbocycles. The van der Waals surface area contributed by atoms with Gasteiger partial charge in [-0.3, -0.25) is 9.79 Å². The lowest BCUT2D eigenvalue weighted by Crippen LogP contribution is -2.32. The van der Waals surface area contributed by atoms with Crippen molar-refractivity contribution in [3.05, 3.63) is 91.3 Å². The summed E-state index contributed by atoms with van der Waals surface area (Å²) in [5.74, 6) is -0.148. The van der Waals surface area contributed by atoms with Gasteiger partial charge in [0.05, 0.1) is 22.5 Å². The summed E-state index contributed by atoms with van der Waals surface area (Å²) in [4.78, 5) is 18.2. The number of benzene rings is 2. The van der Waals surface area contributed by atoms with Crippen molar-refractivity contribution in [1.82, 2.24) is 0 Å². The van der Waals surface area contributed by atoms with Crippen LogP contribution < -0.4 is 5.32 Å². The SMILES string of the molecule is C/C(C1=Nc2ccc(Cl)cc2C1(C)C)=C1/C(=O)C(C(/C)=C2/Nc3ccc(Cl)cc3C2(C)C)=C1O. The van der Waals surface area contributed by atoms with E-state index in [1.807, 2.05) is 50.2 Å². The number of hydrogen-bond donors (Lipinski definition) is 2. The van der Waals surface area contributed by atoms with Crippen LogP contribution in [0.4, 0.5) is 11.4 Å². The van der Waals surface area contributed by atoms with Gasteiger partial charge in [-0.1, -0.05) is 50.9 Å². The zero-order chi connectivity index (χ0) is 24.7. The number of ketones is 1. The highest BCUT2D eigenvalue weighted by atomic mass is 35.5. The number of carbonyl (C=O) groups excluding carboxylic acids is 1. The van der Waals surface area contributed by atoms with Gasteiger partial charge in [0.2, 0.25) is 5.78 Å². The van der Waals surface area contributed by atoms with Crippen LogP contribution in [0.5, 0.6) is 0 Å². The summed E-state index contributed by atoms with van der Waals surface area (Å²) in [6.07, 6.45) is 0. The van der Waals surface area contributed by atoms with E-state index < -0.39 is 5.41 Å². The average Bonchev–Trinajstić information content (AvgIpc) is 3.17. The van der Waals surface area contributed by atoms with E-state index in [0.29, 0.717) is 26.8 Å². The summed E-state index contributed by atoms with van der Waals surface area (Å²) >= 11 is 12.5. The van der Waals surface area contributed by atoms with Crippen molar-refractivity contribution in [3.8, 4) is 0 Å². The van der Waals surface area contributed by atoms with Crippen molar-refractivity contribution in [2.45, 2.75) is 52.4 Å². The number of nitrogens with one attached hydrogen (secondary N) is 1. The van der Waals surface area contributed by atoms with Gasteiger partial charge in [-0.2, -0.15) is 0 Å². The van der Waals surface area contributed by atoms with Crippen molar-refractivity contribution < 1.29 is 9.90 Å². The molecule has 2 N–H and O–H groups in total. The molecule has 0 atom stereocenters. The van der Waals surface area contributed by atoms with Crippen LogP contribution in [0.3, 0.4) is 0 Å². The number of halogens is 2. The van der Waals surface area contributed by atoms with E-state index in [-0.39, 0.29) is 17.0 Å². The molecule has 34 heavy (non-hydrogen) atoms. The Hall–Kier alpha value is -2.82. The number of anilines is 1. The maximum absolute atomic E-state index is 13.4. The van der Waals surface area contributed by atoms with Gasteiger partial charge in [0, 0.05) is 32.3 Å². The number of Topliss-reactive ketones (excluding diaryl/α,β-unsaturated/α-hetero) is 1. The highest BCUT2D eigenvalue weighted by Gasteiger charge is 2.45. The molecule has 2 aromatic carbocycles. The number of fused-ring (bicyclic) bond motifs is 2. The van der Waals surface area contributed by atoms with Crippen LogP contribution in [0.2, 0.25) is 10.0 Å². The number of hydrogen-bond acceptors (Lipinski definition) is 4. The molecule has 5 rings (SSSR count). The fourth-order valence-corrected chi connectivity index (χ4v) is 5.86. The van der Waals surface area contributed by atoms with Crippen LogP contribution in [-0.4, -0.2) is 16.6 Å². The Morgan fingerprint density at radius 3 is 2.18 bits per heavy atom. The lowest BCUT2D eigenvalue weighted by molar-refractivity contribution is -0.113. The molecule has 3 aliphatic rings. The number of aliphatic imine (C=N–C) groups is 1. The Labute approximate surface area is 209 Å². The van der Waals surface area contributed by atoms with Gasteiger partial charge in [-0.05, 0) is 72.5 Å². The first-order chi connectivity index (χ1) is 15.9. The minimum Gasteiger partial charge on any atom is -0.506 e. The second-order valence-corrected chi connectivity index (χ2v) is 11.1. The predicted octanol–water partition coefficient (Wildman–Crippen LogP) is 7.75. The minimum atomic E-state index is -0.433. The normalized spacial score (nSPS) is 22.6. The lowest BCUT2D eigenvalue weighted by atomic mass is 9.73. The molecule has 0 saturated heterocycles. The largest absolute Gasteiger partial charge is 0.506 e. The van der Waals surface area contributed by atoms with Gasteiger partial charge in [0.25, 0.3) is 0 Å². The average molecular weight is 493 g/mol. The minimum absolute atomic E-state index is 0.0200. The summed E-state index contributed by atoms with van der Waals surface area (Å²) in [7, 11) is 0. The van der Waals surface area contributed by atoms with Gasteiger partial charge in [0.15, 0.2) is 0 Å². The van der Waals surface area contributed by atoms with E-state index in [1.165, 1.54) is 0 Å². The zero-order valence-corrected chi connectivity index (χ0v) is 21.5. The molecular formula is C28H26Cl2N2O2. The lowest BCUT2D eigenvalue weighted by Gasteiger charge is -2.30. The smallest absolute Gasteiger partial charge is 0.201 e. The molecule has 0 aromatic heterocycles. The third-order valence-electron chi connectivity index (χ3n) is 7.40. The van der Waals surface area contributed by atoms with Crippen LogP contribution in [0, 0.1) is 0 Å².